The second kappa shape index (κ2) is 4.99. The van der Waals surface area contributed by atoms with Crippen LogP contribution in [-0.2, 0) is 0 Å². The molecule has 1 saturated heterocycles. The van der Waals surface area contributed by atoms with E-state index in [2.05, 4.69) is 20.2 Å². The van der Waals surface area contributed by atoms with Crippen LogP contribution in [0.5, 0.6) is 0 Å². The summed E-state index contributed by atoms with van der Waals surface area (Å²) < 4.78 is 37.5. The van der Waals surface area contributed by atoms with Crippen LogP contribution in [0.2, 0.25) is 0 Å². The van der Waals surface area contributed by atoms with E-state index < -0.39 is 18.1 Å². The number of hydrogen-bond acceptors (Lipinski definition) is 5. The number of nitrogens with one attached hydrogen (secondary N) is 2. The lowest BCUT2D eigenvalue weighted by molar-refractivity contribution is -0.149. The van der Waals surface area contributed by atoms with Crippen molar-refractivity contribution in [1.82, 2.24) is 15.3 Å². The van der Waals surface area contributed by atoms with Gasteiger partial charge in [0.15, 0.2) is 5.82 Å². The van der Waals surface area contributed by atoms with Crippen molar-refractivity contribution in [3.63, 3.8) is 0 Å². The number of nitrogens with zero attached hydrogens (tertiary/aromatic N) is 3. The normalized spacial score (nSPS) is 21.1. The van der Waals surface area contributed by atoms with Gasteiger partial charge in [0.05, 0.1) is 5.69 Å². The van der Waals surface area contributed by atoms with Gasteiger partial charge in [0, 0.05) is 19.1 Å². The number of carbonyl (C=O) groups excluding carboxylic acids is 1. The first kappa shape index (κ1) is 14.9. The summed E-state index contributed by atoms with van der Waals surface area (Å²) in [6.45, 7) is 4.34. The van der Waals surface area contributed by atoms with Crippen LogP contribution < -0.4 is 15.5 Å². The van der Waals surface area contributed by atoms with E-state index in [9.17, 15) is 18.0 Å². The molecule has 0 saturated carbocycles. The molecule has 3 rings (SSSR count). The highest BCUT2D eigenvalue weighted by Gasteiger charge is 2.38. The minimum Gasteiger partial charge on any atom is -0.365 e. The Morgan fingerprint density at radius 2 is 2.18 bits per heavy atom. The van der Waals surface area contributed by atoms with Crippen molar-refractivity contribution in [2.75, 3.05) is 23.3 Å². The summed E-state index contributed by atoms with van der Waals surface area (Å²) in [5, 5.41) is 5.09. The van der Waals surface area contributed by atoms with Gasteiger partial charge < -0.3 is 15.5 Å². The van der Waals surface area contributed by atoms with Crippen LogP contribution in [0.25, 0.3) is 0 Å². The van der Waals surface area contributed by atoms with Crippen molar-refractivity contribution >= 4 is 17.4 Å². The van der Waals surface area contributed by atoms with Crippen molar-refractivity contribution in [2.45, 2.75) is 38.5 Å². The molecule has 0 unspecified atom stereocenters. The fourth-order valence-corrected chi connectivity index (χ4v) is 2.77. The lowest BCUT2D eigenvalue weighted by Gasteiger charge is -2.29. The van der Waals surface area contributed by atoms with Gasteiger partial charge in [-0.15, -0.1) is 0 Å². The molecule has 9 heteroatoms. The second-order valence-electron chi connectivity index (χ2n) is 5.64. The molecule has 0 aliphatic carbocycles. The quantitative estimate of drug-likeness (QED) is 0.865. The molecule has 0 aromatic carbocycles. The zero-order chi connectivity index (χ0) is 16.1. The molecular formula is C13H16F3N5O. The van der Waals surface area contributed by atoms with Crippen molar-refractivity contribution < 1.29 is 18.0 Å². The Morgan fingerprint density at radius 1 is 1.45 bits per heavy atom. The summed E-state index contributed by atoms with van der Waals surface area (Å²) in [7, 11) is 0. The van der Waals surface area contributed by atoms with Gasteiger partial charge in [-0.25, -0.2) is 9.97 Å². The average molecular weight is 315 g/mol. The van der Waals surface area contributed by atoms with Crippen LogP contribution in [0.3, 0.4) is 0 Å². The maximum Gasteiger partial charge on any atom is 0.408 e. The van der Waals surface area contributed by atoms with Gasteiger partial charge >= 0.3 is 6.18 Å². The predicted molar refractivity (Wildman–Crippen MR) is 74.0 cm³/mol. The summed E-state index contributed by atoms with van der Waals surface area (Å²) in [4.78, 5) is 22.2. The van der Waals surface area contributed by atoms with E-state index >= 15 is 0 Å². The first-order chi connectivity index (χ1) is 10.3. The Balaban J connectivity index is 1.86. The Labute approximate surface area is 125 Å². The Morgan fingerprint density at radius 3 is 2.86 bits per heavy atom. The molecule has 6 nitrogen and oxygen atoms in total. The molecule has 120 valence electrons. The first-order valence-electron chi connectivity index (χ1n) is 7.03. The van der Waals surface area contributed by atoms with Gasteiger partial charge in [0.2, 0.25) is 5.82 Å². The molecule has 3 heterocycles. The number of hydrogen-bond donors (Lipinski definition) is 2. The highest BCUT2D eigenvalue weighted by atomic mass is 19.4. The van der Waals surface area contributed by atoms with Crippen molar-refractivity contribution in [3.05, 3.63) is 11.5 Å². The van der Waals surface area contributed by atoms with Crippen LogP contribution in [-0.4, -0.2) is 47.2 Å². The molecule has 1 aromatic rings. The van der Waals surface area contributed by atoms with Gasteiger partial charge in [0.1, 0.15) is 11.7 Å². The summed E-state index contributed by atoms with van der Waals surface area (Å²) in [6.07, 6.45) is -3.54. The molecule has 1 aromatic heterocycles. The second-order valence-corrected chi connectivity index (χ2v) is 5.64. The standard InChI is InChI=1S/C13H16F3N5O/c1-6-9-10(19-8-3-4-21(9)5-8)20-11(17-6)12(22)18-7(2)13(14,15)16/h7-8H,3-5H2,1-2H3,(H,18,22)(H,17,19,20)/t7-,8+/m1/s1. The smallest absolute Gasteiger partial charge is 0.365 e. The first-order valence-corrected chi connectivity index (χ1v) is 7.03. The van der Waals surface area contributed by atoms with Crippen molar-refractivity contribution in [1.29, 1.82) is 0 Å². The van der Waals surface area contributed by atoms with Gasteiger partial charge in [0.25, 0.3) is 5.91 Å². The van der Waals surface area contributed by atoms with Gasteiger partial charge in [-0.3, -0.25) is 4.79 Å². The van der Waals surface area contributed by atoms with E-state index in [1.165, 1.54) is 0 Å². The summed E-state index contributed by atoms with van der Waals surface area (Å²) in [5.41, 5.74) is 1.41. The summed E-state index contributed by atoms with van der Waals surface area (Å²) in [5.74, 6) is -0.654. The molecule has 1 amide bonds. The van der Waals surface area contributed by atoms with Crippen LogP contribution in [0.1, 0.15) is 29.7 Å². The highest BCUT2D eigenvalue weighted by molar-refractivity contribution is 5.92. The molecule has 2 aliphatic rings. The number of rotatable bonds is 2. The van der Waals surface area contributed by atoms with Gasteiger partial charge in [-0.1, -0.05) is 0 Å². The van der Waals surface area contributed by atoms with E-state index in [4.69, 9.17) is 0 Å². The summed E-state index contributed by atoms with van der Waals surface area (Å²) in [6, 6.07) is -1.69. The largest absolute Gasteiger partial charge is 0.408 e. The Bertz CT molecular complexity index is 618. The number of aromatic nitrogens is 2. The van der Waals surface area contributed by atoms with E-state index in [1.807, 2.05) is 5.32 Å². The SMILES string of the molecule is Cc1nc(C(=O)N[C@H](C)C(F)(F)F)nc2c1N1CC[C@@H](C1)N2. The van der Waals surface area contributed by atoms with Crippen molar-refractivity contribution in [3.8, 4) is 0 Å². The third-order valence-electron chi connectivity index (χ3n) is 3.95. The van der Waals surface area contributed by atoms with Crippen LogP contribution in [0, 0.1) is 6.92 Å². The zero-order valence-corrected chi connectivity index (χ0v) is 12.2. The molecule has 2 atom stereocenters. The van der Waals surface area contributed by atoms with E-state index in [0.717, 1.165) is 32.1 Å². The summed E-state index contributed by atoms with van der Waals surface area (Å²) >= 11 is 0. The van der Waals surface area contributed by atoms with Crippen LogP contribution in [0.15, 0.2) is 0 Å². The number of fused-ring (bicyclic) bond motifs is 4. The third kappa shape index (κ3) is 2.55. The maximum atomic E-state index is 12.5. The van der Waals surface area contributed by atoms with E-state index in [0.29, 0.717) is 11.5 Å². The number of carbonyl (C=O) groups is 1. The average Bonchev–Trinajstić information content (AvgIpc) is 2.78. The van der Waals surface area contributed by atoms with Crippen molar-refractivity contribution in [2.24, 2.45) is 0 Å². The molecule has 1 fully saturated rings. The molecule has 2 aliphatic heterocycles. The molecular weight excluding hydrogens is 299 g/mol. The molecule has 0 radical (unpaired) electrons. The fraction of sp³-hybridized carbons (Fsp3) is 0.615. The molecule has 0 spiro atoms. The number of alkyl halides is 3. The lowest BCUT2D eigenvalue weighted by atomic mass is 10.2. The number of halogens is 3. The highest BCUT2D eigenvalue weighted by Crippen LogP contribution is 2.35. The number of aryl methyl sites for hydroxylation is 1. The molecule has 22 heavy (non-hydrogen) atoms. The van der Waals surface area contributed by atoms with E-state index in [1.54, 1.807) is 6.92 Å². The topological polar surface area (TPSA) is 70.2 Å². The van der Waals surface area contributed by atoms with E-state index in [-0.39, 0.29) is 11.9 Å². The molecule has 2 N–H and O–H groups in total. The van der Waals surface area contributed by atoms with Gasteiger partial charge in [-0.2, -0.15) is 13.2 Å². The minimum absolute atomic E-state index is 0.248. The van der Waals surface area contributed by atoms with Crippen LogP contribution in [0.4, 0.5) is 24.7 Å². The van der Waals surface area contributed by atoms with Crippen LogP contribution >= 0.6 is 0 Å². The Kier molecular flexibility index (Phi) is 3.37. The number of amides is 1. The fourth-order valence-electron chi connectivity index (χ4n) is 2.77. The van der Waals surface area contributed by atoms with Gasteiger partial charge in [-0.05, 0) is 20.3 Å². The lowest BCUT2D eigenvalue weighted by Crippen LogP contribution is -2.44. The third-order valence-corrected chi connectivity index (χ3v) is 3.95. The monoisotopic (exact) mass is 315 g/mol. The Hall–Kier alpha value is -2.06. The maximum absolute atomic E-state index is 12.5. The minimum atomic E-state index is -4.50. The predicted octanol–water partition coefficient (Wildman–Crippen LogP) is 1.47. The zero-order valence-electron chi connectivity index (χ0n) is 12.2. The number of anilines is 2. The molecule has 2 bridgehead atoms.